The van der Waals surface area contributed by atoms with E-state index in [1.54, 1.807) is 6.07 Å². The van der Waals surface area contributed by atoms with Crippen molar-refractivity contribution in [1.82, 2.24) is 14.8 Å². The van der Waals surface area contributed by atoms with Crippen LogP contribution in [0, 0.1) is 0 Å². The summed E-state index contributed by atoms with van der Waals surface area (Å²) in [5.41, 5.74) is 0.752. The van der Waals surface area contributed by atoms with Gasteiger partial charge < -0.3 is 4.74 Å². The first-order valence-corrected chi connectivity index (χ1v) is 10.5. The van der Waals surface area contributed by atoms with Gasteiger partial charge in [-0.2, -0.15) is 13.2 Å². The van der Waals surface area contributed by atoms with Gasteiger partial charge in [0, 0.05) is 11.4 Å². The van der Waals surface area contributed by atoms with E-state index in [0.717, 1.165) is 17.8 Å². The molecule has 0 spiro atoms. The maximum Gasteiger partial charge on any atom is 0.416 e. The summed E-state index contributed by atoms with van der Waals surface area (Å²) >= 11 is 1.32. The van der Waals surface area contributed by atoms with Gasteiger partial charge in [-0.15, -0.1) is 10.2 Å². The van der Waals surface area contributed by atoms with Crippen molar-refractivity contribution in [2.75, 3.05) is 0 Å². The third-order valence-corrected chi connectivity index (χ3v) is 5.45. The van der Waals surface area contributed by atoms with Crippen molar-refractivity contribution in [3.8, 4) is 11.4 Å². The molecule has 0 amide bonds. The van der Waals surface area contributed by atoms with Crippen LogP contribution in [0.2, 0.25) is 0 Å². The van der Waals surface area contributed by atoms with Crippen LogP contribution >= 0.6 is 11.8 Å². The molecular formula is C23H18F3N3OS. The summed E-state index contributed by atoms with van der Waals surface area (Å²) in [6.45, 7) is 0.204. The number of nitrogens with zero attached hydrogens (tertiary/aromatic N) is 3. The fourth-order valence-electron chi connectivity index (χ4n) is 2.97. The van der Waals surface area contributed by atoms with Crippen LogP contribution in [0.25, 0.3) is 5.69 Å². The Morgan fingerprint density at radius 2 is 1.55 bits per heavy atom. The van der Waals surface area contributed by atoms with Crippen LogP contribution in [0.4, 0.5) is 13.2 Å². The summed E-state index contributed by atoms with van der Waals surface area (Å²) in [6, 6.07) is 24.2. The number of hydrogen-bond donors (Lipinski definition) is 0. The van der Waals surface area contributed by atoms with Crippen molar-refractivity contribution >= 4 is 11.8 Å². The number of ether oxygens (including phenoxy) is 1. The third kappa shape index (κ3) is 5.27. The summed E-state index contributed by atoms with van der Waals surface area (Å²) in [5.74, 6) is 1.64. The van der Waals surface area contributed by atoms with Gasteiger partial charge in [0.25, 0.3) is 0 Å². The maximum absolute atomic E-state index is 13.0. The van der Waals surface area contributed by atoms with Crippen molar-refractivity contribution < 1.29 is 17.9 Å². The molecule has 0 saturated heterocycles. The van der Waals surface area contributed by atoms with E-state index in [0.29, 0.717) is 28.0 Å². The standard InChI is InChI=1S/C23H18F3N3OS/c24-23(25,26)18-9-7-8-17(14-18)16-31-22-28-27-21(15-30-20-12-5-2-6-13-20)29(22)19-10-3-1-4-11-19/h1-14H,15-16H2. The quantitative estimate of drug-likeness (QED) is 0.322. The van der Waals surface area contributed by atoms with Gasteiger partial charge in [0.05, 0.1) is 5.56 Å². The molecule has 3 aromatic carbocycles. The van der Waals surface area contributed by atoms with Crippen LogP contribution in [0.5, 0.6) is 5.75 Å². The Morgan fingerprint density at radius 3 is 2.26 bits per heavy atom. The number of para-hydroxylation sites is 2. The number of thioether (sulfide) groups is 1. The molecule has 0 radical (unpaired) electrons. The lowest BCUT2D eigenvalue weighted by Gasteiger charge is -2.12. The summed E-state index contributed by atoms with van der Waals surface area (Å²) in [5, 5.41) is 9.11. The SMILES string of the molecule is FC(F)(F)c1cccc(CSc2nnc(COc3ccccc3)n2-c2ccccc2)c1. The van der Waals surface area contributed by atoms with Crippen molar-refractivity contribution in [1.29, 1.82) is 0 Å². The number of alkyl halides is 3. The minimum absolute atomic E-state index is 0.204. The highest BCUT2D eigenvalue weighted by Gasteiger charge is 2.30. The zero-order chi connectivity index (χ0) is 21.7. The number of halogens is 3. The van der Waals surface area contributed by atoms with Crippen LogP contribution in [0.3, 0.4) is 0 Å². The second-order valence-corrected chi connectivity index (χ2v) is 7.60. The third-order valence-electron chi connectivity index (χ3n) is 4.45. The fourth-order valence-corrected chi connectivity index (χ4v) is 3.89. The molecule has 0 N–H and O–H groups in total. The highest BCUT2D eigenvalue weighted by atomic mass is 32.2. The Balaban J connectivity index is 1.57. The zero-order valence-electron chi connectivity index (χ0n) is 16.3. The molecule has 0 saturated carbocycles. The summed E-state index contributed by atoms with van der Waals surface area (Å²) in [7, 11) is 0. The monoisotopic (exact) mass is 441 g/mol. The molecule has 31 heavy (non-hydrogen) atoms. The van der Waals surface area contributed by atoms with E-state index < -0.39 is 11.7 Å². The molecule has 1 heterocycles. The fraction of sp³-hybridized carbons (Fsp3) is 0.130. The molecule has 0 aliphatic carbocycles. The lowest BCUT2D eigenvalue weighted by Crippen LogP contribution is -2.07. The summed E-state index contributed by atoms with van der Waals surface area (Å²) in [4.78, 5) is 0. The average Bonchev–Trinajstić information content (AvgIpc) is 3.20. The largest absolute Gasteiger partial charge is 0.486 e. The van der Waals surface area contributed by atoms with Crippen molar-refractivity contribution in [3.63, 3.8) is 0 Å². The van der Waals surface area contributed by atoms with Crippen molar-refractivity contribution in [2.24, 2.45) is 0 Å². The Hall–Kier alpha value is -3.26. The molecule has 1 aromatic heterocycles. The molecule has 0 fully saturated rings. The Bertz CT molecular complexity index is 1130. The van der Waals surface area contributed by atoms with Gasteiger partial charge in [-0.25, -0.2) is 0 Å². The molecule has 0 aliphatic rings. The van der Waals surface area contributed by atoms with Gasteiger partial charge in [0.15, 0.2) is 11.0 Å². The van der Waals surface area contributed by atoms with Crippen molar-refractivity contribution in [3.05, 3.63) is 102 Å². The smallest absolute Gasteiger partial charge is 0.416 e. The zero-order valence-corrected chi connectivity index (χ0v) is 17.1. The highest BCUT2D eigenvalue weighted by Crippen LogP contribution is 2.31. The minimum Gasteiger partial charge on any atom is -0.486 e. The molecule has 0 aliphatic heterocycles. The Kier molecular flexibility index (Phi) is 6.27. The Labute approximate surface area is 181 Å². The molecular weight excluding hydrogens is 423 g/mol. The Morgan fingerprint density at radius 1 is 0.839 bits per heavy atom. The van der Waals surface area contributed by atoms with E-state index in [4.69, 9.17) is 4.74 Å². The van der Waals surface area contributed by atoms with Crippen molar-refractivity contribution in [2.45, 2.75) is 23.7 Å². The predicted molar refractivity (Wildman–Crippen MR) is 113 cm³/mol. The van der Waals surface area contributed by atoms with Gasteiger partial charge in [-0.3, -0.25) is 4.57 Å². The molecule has 0 atom stereocenters. The molecule has 4 rings (SSSR count). The molecule has 0 bridgehead atoms. The van der Waals surface area contributed by atoms with E-state index in [1.165, 1.54) is 17.8 Å². The number of benzene rings is 3. The van der Waals surface area contributed by atoms with Gasteiger partial charge in [0.1, 0.15) is 12.4 Å². The van der Waals surface area contributed by atoms with Gasteiger partial charge >= 0.3 is 6.18 Å². The van der Waals surface area contributed by atoms with E-state index in [1.807, 2.05) is 65.2 Å². The lowest BCUT2D eigenvalue weighted by molar-refractivity contribution is -0.137. The lowest BCUT2D eigenvalue weighted by atomic mass is 10.1. The second kappa shape index (κ2) is 9.26. The number of rotatable bonds is 7. The first kappa shape index (κ1) is 21.0. The first-order chi connectivity index (χ1) is 15.0. The molecule has 0 unspecified atom stereocenters. The second-order valence-electron chi connectivity index (χ2n) is 6.66. The topological polar surface area (TPSA) is 39.9 Å². The van der Waals surface area contributed by atoms with Gasteiger partial charge in [0.2, 0.25) is 0 Å². The van der Waals surface area contributed by atoms with Crippen LogP contribution in [-0.4, -0.2) is 14.8 Å². The number of hydrogen-bond acceptors (Lipinski definition) is 4. The average molecular weight is 441 g/mol. The van der Waals surface area contributed by atoms with Crippen LogP contribution in [-0.2, 0) is 18.5 Å². The van der Waals surface area contributed by atoms with E-state index >= 15 is 0 Å². The van der Waals surface area contributed by atoms with Gasteiger partial charge in [-0.05, 0) is 35.9 Å². The summed E-state index contributed by atoms with van der Waals surface area (Å²) < 4.78 is 46.7. The minimum atomic E-state index is -4.37. The van der Waals surface area contributed by atoms with E-state index in [2.05, 4.69) is 10.2 Å². The van der Waals surface area contributed by atoms with Crippen LogP contribution in [0.1, 0.15) is 17.0 Å². The van der Waals surface area contributed by atoms with Crippen LogP contribution < -0.4 is 4.74 Å². The van der Waals surface area contributed by atoms with E-state index in [9.17, 15) is 13.2 Å². The first-order valence-electron chi connectivity index (χ1n) is 9.47. The number of aromatic nitrogens is 3. The highest BCUT2D eigenvalue weighted by molar-refractivity contribution is 7.98. The molecule has 8 heteroatoms. The predicted octanol–water partition coefficient (Wildman–Crippen LogP) is 6.16. The molecule has 158 valence electrons. The van der Waals surface area contributed by atoms with Gasteiger partial charge in [-0.1, -0.05) is 66.4 Å². The van der Waals surface area contributed by atoms with E-state index in [-0.39, 0.29) is 6.61 Å². The van der Waals surface area contributed by atoms with Crippen LogP contribution in [0.15, 0.2) is 90.1 Å². The molecule has 4 nitrogen and oxygen atoms in total. The normalized spacial score (nSPS) is 11.5. The summed E-state index contributed by atoms with van der Waals surface area (Å²) in [6.07, 6.45) is -4.37. The maximum atomic E-state index is 13.0. The molecule has 4 aromatic rings.